The van der Waals surface area contributed by atoms with Gasteiger partial charge < -0.3 is 15.2 Å². The summed E-state index contributed by atoms with van der Waals surface area (Å²) in [6.45, 7) is 1.51. The van der Waals surface area contributed by atoms with Crippen LogP contribution < -0.4 is 5.32 Å². The van der Waals surface area contributed by atoms with Gasteiger partial charge in [-0.2, -0.15) is 0 Å². The average Bonchev–Trinajstić information content (AvgIpc) is 2.72. The Morgan fingerprint density at radius 1 is 1.77 bits per heavy atom. The number of aromatic nitrogens is 2. The van der Waals surface area contributed by atoms with Crippen molar-refractivity contribution in [2.75, 3.05) is 25.1 Å². The maximum absolute atomic E-state index is 9.86. The Balaban J connectivity index is 1.85. The van der Waals surface area contributed by atoms with E-state index < -0.39 is 5.60 Å². The smallest absolute Gasteiger partial charge is 0.205 e. The van der Waals surface area contributed by atoms with Crippen molar-refractivity contribution in [3.63, 3.8) is 0 Å². The normalized spacial score (nSPS) is 27.8. The molecule has 6 heteroatoms. The van der Waals surface area contributed by atoms with E-state index >= 15 is 0 Å². The summed E-state index contributed by atoms with van der Waals surface area (Å²) in [5, 5.41) is 21.1. The number of hydrogen-bond donors (Lipinski definition) is 2. The molecule has 1 aliphatic heterocycles. The van der Waals surface area contributed by atoms with E-state index in [1.165, 1.54) is 11.3 Å². The monoisotopic (exact) mass is 201 g/mol. The van der Waals surface area contributed by atoms with Gasteiger partial charge in [0.2, 0.25) is 5.13 Å². The van der Waals surface area contributed by atoms with Gasteiger partial charge in [-0.05, 0) is 0 Å². The van der Waals surface area contributed by atoms with E-state index in [9.17, 15) is 5.11 Å². The topological polar surface area (TPSA) is 67.3 Å². The molecule has 1 aromatic rings. The van der Waals surface area contributed by atoms with Crippen LogP contribution in [0.1, 0.15) is 6.42 Å². The highest BCUT2D eigenvalue weighted by Gasteiger charge is 2.32. The third-order valence-electron chi connectivity index (χ3n) is 2.01. The summed E-state index contributed by atoms with van der Waals surface area (Å²) in [7, 11) is 0. The van der Waals surface area contributed by atoms with Crippen LogP contribution in [0, 0.1) is 0 Å². The Kier molecular flexibility index (Phi) is 2.43. The van der Waals surface area contributed by atoms with Crippen molar-refractivity contribution in [3.05, 3.63) is 5.51 Å². The maximum atomic E-state index is 9.86. The van der Waals surface area contributed by atoms with Gasteiger partial charge in [0.1, 0.15) is 11.1 Å². The molecule has 13 heavy (non-hydrogen) atoms. The molecule has 0 spiro atoms. The number of nitrogens with zero attached hydrogens (tertiary/aromatic N) is 2. The molecule has 2 rings (SSSR count). The minimum Gasteiger partial charge on any atom is -0.386 e. The van der Waals surface area contributed by atoms with Gasteiger partial charge in [0.25, 0.3) is 0 Å². The lowest BCUT2D eigenvalue weighted by Crippen LogP contribution is -2.37. The van der Waals surface area contributed by atoms with Crippen LogP contribution in [-0.2, 0) is 4.74 Å². The van der Waals surface area contributed by atoms with Crippen molar-refractivity contribution in [3.8, 4) is 0 Å². The Labute approximate surface area is 79.8 Å². The zero-order chi connectivity index (χ0) is 9.15. The van der Waals surface area contributed by atoms with Gasteiger partial charge in [0, 0.05) is 19.6 Å². The Morgan fingerprint density at radius 2 is 2.69 bits per heavy atom. The molecule has 1 atom stereocenters. The van der Waals surface area contributed by atoms with Gasteiger partial charge in [-0.15, -0.1) is 10.2 Å². The molecule has 2 N–H and O–H groups in total. The highest BCUT2D eigenvalue weighted by Crippen LogP contribution is 2.19. The minimum atomic E-state index is -0.730. The van der Waals surface area contributed by atoms with Crippen LogP contribution >= 0.6 is 11.3 Å². The molecule has 5 nitrogen and oxygen atoms in total. The zero-order valence-electron chi connectivity index (χ0n) is 7.06. The molecular formula is C7H11N3O2S. The first-order chi connectivity index (χ1) is 6.29. The molecule has 0 aromatic carbocycles. The van der Waals surface area contributed by atoms with Crippen LogP contribution in [-0.4, -0.2) is 40.7 Å². The van der Waals surface area contributed by atoms with Gasteiger partial charge in [-0.3, -0.25) is 0 Å². The zero-order valence-corrected chi connectivity index (χ0v) is 7.88. The Hall–Kier alpha value is -0.720. The van der Waals surface area contributed by atoms with Gasteiger partial charge in [0.15, 0.2) is 0 Å². The maximum Gasteiger partial charge on any atom is 0.205 e. The first kappa shape index (κ1) is 8.86. The molecule has 0 saturated carbocycles. The second-order valence-corrected chi connectivity index (χ2v) is 3.96. The number of rotatable bonds is 3. The summed E-state index contributed by atoms with van der Waals surface area (Å²) < 4.78 is 5.11. The molecule has 1 fully saturated rings. The van der Waals surface area contributed by atoms with Crippen molar-refractivity contribution in [1.29, 1.82) is 0 Å². The fraction of sp³-hybridized carbons (Fsp3) is 0.714. The summed E-state index contributed by atoms with van der Waals surface area (Å²) in [6.07, 6.45) is 0.679. The third kappa shape index (κ3) is 2.15. The second-order valence-electron chi connectivity index (χ2n) is 3.12. The summed E-state index contributed by atoms with van der Waals surface area (Å²) in [6, 6.07) is 0. The van der Waals surface area contributed by atoms with Crippen LogP contribution in [0.2, 0.25) is 0 Å². The van der Waals surface area contributed by atoms with E-state index in [2.05, 4.69) is 15.5 Å². The first-order valence-corrected chi connectivity index (χ1v) is 4.97. The van der Waals surface area contributed by atoms with E-state index in [0.29, 0.717) is 26.2 Å². The highest BCUT2D eigenvalue weighted by molar-refractivity contribution is 7.13. The number of hydrogen-bond acceptors (Lipinski definition) is 6. The summed E-state index contributed by atoms with van der Waals surface area (Å²) in [5.74, 6) is 0. The molecule has 1 unspecified atom stereocenters. The lowest BCUT2D eigenvalue weighted by Gasteiger charge is -2.19. The van der Waals surface area contributed by atoms with Crippen LogP contribution in [0.5, 0.6) is 0 Å². The summed E-state index contributed by atoms with van der Waals surface area (Å²) in [5.41, 5.74) is 0.920. The largest absolute Gasteiger partial charge is 0.386 e. The van der Waals surface area contributed by atoms with Crippen molar-refractivity contribution in [2.24, 2.45) is 0 Å². The molecule has 0 aliphatic carbocycles. The Morgan fingerprint density at radius 3 is 3.31 bits per heavy atom. The van der Waals surface area contributed by atoms with Crippen molar-refractivity contribution in [2.45, 2.75) is 12.0 Å². The molecule has 0 radical (unpaired) electrons. The van der Waals surface area contributed by atoms with E-state index in [1.54, 1.807) is 5.51 Å². The summed E-state index contributed by atoms with van der Waals surface area (Å²) >= 11 is 1.42. The SMILES string of the molecule is OC1(CNc2nncs2)CCOC1. The molecule has 1 aromatic heterocycles. The molecule has 1 saturated heterocycles. The molecule has 0 bridgehead atoms. The van der Waals surface area contributed by atoms with E-state index in [-0.39, 0.29) is 0 Å². The lowest BCUT2D eigenvalue weighted by molar-refractivity contribution is 0.0382. The molecule has 0 amide bonds. The van der Waals surface area contributed by atoms with Crippen molar-refractivity contribution >= 4 is 16.5 Å². The quantitative estimate of drug-likeness (QED) is 0.726. The summed E-state index contributed by atoms with van der Waals surface area (Å²) in [4.78, 5) is 0. The van der Waals surface area contributed by atoms with E-state index in [1.807, 2.05) is 0 Å². The predicted molar refractivity (Wildman–Crippen MR) is 48.8 cm³/mol. The van der Waals surface area contributed by atoms with Crippen LogP contribution in [0.3, 0.4) is 0 Å². The van der Waals surface area contributed by atoms with Gasteiger partial charge in [0.05, 0.1) is 6.61 Å². The third-order valence-corrected chi connectivity index (χ3v) is 2.66. The molecular weight excluding hydrogens is 190 g/mol. The standard InChI is InChI=1S/C7H11N3O2S/c11-7(1-2-12-4-7)3-8-6-10-9-5-13-6/h5,11H,1-4H2,(H,8,10). The minimum absolute atomic E-state index is 0.402. The fourth-order valence-electron chi connectivity index (χ4n) is 1.23. The lowest BCUT2D eigenvalue weighted by atomic mass is 10.0. The molecule has 2 heterocycles. The fourth-order valence-corrected chi connectivity index (χ4v) is 1.67. The van der Waals surface area contributed by atoms with E-state index in [4.69, 9.17) is 4.74 Å². The van der Waals surface area contributed by atoms with Gasteiger partial charge >= 0.3 is 0 Å². The predicted octanol–water partition coefficient (Wildman–Crippen LogP) is 0.101. The van der Waals surface area contributed by atoms with Crippen molar-refractivity contribution in [1.82, 2.24) is 10.2 Å². The van der Waals surface area contributed by atoms with Crippen LogP contribution in [0.15, 0.2) is 5.51 Å². The first-order valence-electron chi connectivity index (χ1n) is 4.09. The number of aliphatic hydroxyl groups is 1. The molecule has 1 aliphatic rings. The van der Waals surface area contributed by atoms with E-state index in [0.717, 1.165) is 5.13 Å². The van der Waals surface area contributed by atoms with Gasteiger partial charge in [-0.25, -0.2) is 0 Å². The Bertz CT molecular complexity index is 259. The molecule has 72 valence electrons. The number of anilines is 1. The van der Waals surface area contributed by atoms with Gasteiger partial charge in [-0.1, -0.05) is 11.3 Å². The van der Waals surface area contributed by atoms with Crippen LogP contribution in [0.4, 0.5) is 5.13 Å². The van der Waals surface area contributed by atoms with Crippen LogP contribution in [0.25, 0.3) is 0 Å². The average molecular weight is 201 g/mol. The highest BCUT2D eigenvalue weighted by atomic mass is 32.1. The number of ether oxygens (including phenoxy) is 1. The number of nitrogens with one attached hydrogen (secondary N) is 1. The second kappa shape index (κ2) is 3.57. The van der Waals surface area contributed by atoms with Crippen molar-refractivity contribution < 1.29 is 9.84 Å².